The SMILES string of the molecule is CCOS(=O)(=O)Oc1ccc(O)cc1.[H-].[Na+]. The zero-order valence-corrected chi connectivity index (χ0v) is 11.3. The quantitative estimate of drug-likeness (QED) is 0.629. The number of aromatic hydroxyl groups is 1. The summed E-state index contributed by atoms with van der Waals surface area (Å²) in [5, 5.41) is 8.92. The van der Waals surface area contributed by atoms with E-state index in [9.17, 15) is 8.42 Å². The molecule has 0 radical (unpaired) electrons. The van der Waals surface area contributed by atoms with E-state index in [1.165, 1.54) is 31.2 Å². The Kier molecular flexibility index (Phi) is 6.23. The van der Waals surface area contributed by atoms with Crippen molar-refractivity contribution < 1.29 is 52.9 Å². The molecule has 0 saturated heterocycles. The molecule has 0 unspecified atom stereocenters. The average molecular weight is 242 g/mol. The number of rotatable bonds is 4. The van der Waals surface area contributed by atoms with Crippen LogP contribution in [0.5, 0.6) is 11.5 Å². The molecule has 15 heavy (non-hydrogen) atoms. The molecule has 0 aliphatic carbocycles. The minimum atomic E-state index is -3.98. The van der Waals surface area contributed by atoms with Gasteiger partial charge in [-0.25, -0.2) is 4.18 Å². The first-order valence-corrected chi connectivity index (χ1v) is 5.24. The molecule has 0 fully saturated rings. The fourth-order valence-corrected chi connectivity index (χ4v) is 1.47. The summed E-state index contributed by atoms with van der Waals surface area (Å²) < 4.78 is 30.8. The first-order valence-electron chi connectivity index (χ1n) is 3.91. The van der Waals surface area contributed by atoms with Crippen molar-refractivity contribution in [3.05, 3.63) is 24.3 Å². The third-order valence-corrected chi connectivity index (χ3v) is 2.22. The van der Waals surface area contributed by atoms with E-state index in [1.807, 2.05) is 0 Å². The fourth-order valence-electron chi connectivity index (χ4n) is 0.788. The van der Waals surface area contributed by atoms with Gasteiger partial charge in [-0.1, -0.05) is 0 Å². The molecule has 0 saturated carbocycles. The van der Waals surface area contributed by atoms with Crippen LogP contribution in [0.3, 0.4) is 0 Å². The summed E-state index contributed by atoms with van der Waals surface area (Å²) in [5.74, 6) is 0.127. The van der Waals surface area contributed by atoms with Gasteiger partial charge in [0.05, 0.1) is 6.61 Å². The molecule has 0 aliphatic heterocycles. The second-order valence-corrected chi connectivity index (χ2v) is 3.61. The topological polar surface area (TPSA) is 72.8 Å². The van der Waals surface area contributed by atoms with Crippen LogP contribution in [0.2, 0.25) is 0 Å². The van der Waals surface area contributed by atoms with Crippen LogP contribution in [-0.2, 0) is 14.6 Å². The van der Waals surface area contributed by atoms with Gasteiger partial charge >= 0.3 is 40.0 Å². The Morgan fingerprint density at radius 3 is 2.33 bits per heavy atom. The van der Waals surface area contributed by atoms with Crippen LogP contribution in [0.25, 0.3) is 0 Å². The van der Waals surface area contributed by atoms with Crippen molar-refractivity contribution in [2.24, 2.45) is 0 Å². The van der Waals surface area contributed by atoms with Crippen molar-refractivity contribution in [1.29, 1.82) is 0 Å². The molecule has 7 heteroatoms. The zero-order chi connectivity index (χ0) is 10.6. The summed E-state index contributed by atoms with van der Waals surface area (Å²) in [6.07, 6.45) is 0. The van der Waals surface area contributed by atoms with Crippen molar-refractivity contribution >= 4 is 10.4 Å². The number of phenols is 1. The predicted octanol–water partition coefficient (Wildman–Crippen LogP) is -1.83. The summed E-state index contributed by atoms with van der Waals surface area (Å²) in [4.78, 5) is 0. The van der Waals surface area contributed by atoms with Crippen LogP contribution in [0.15, 0.2) is 24.3 Å². The van der Waals surface area contributed by atoms with Gasteiger partial charge in [0, 0.05) is 0 Å². The van der Waals surface area contributed by atoms with E-state index < -0.39 is 10.4 Å². The Balaban J connectivity index is 0. The summed E-state index contributed by atoms with van der Waals surface area (Å²) in [6, 6.07) is 5.28. The Hall–Kier alpha value is -0.270. The Bertz CT molecular complexity index is 391. The van der Waals surface area contributed by atoms with Gasteiger partial charge in [-0.05, 0) is 31.2 Å². The van der Waals surface area contributed by atoms with E-state index in [0.717, 1.165) is 0 Å². The molecule has 0 aliphatic rings. The molecule has 0 aromatic heterocycles. The fraction of sp³-hybridized carbons (Fsp3) is 0.250. The molecular weight excluding hydrogens is 231 g/mol. The molecule has 0 bridgehead atoms. The average Bonchev–Trinajstić information content (AvgIpc) is 2.08. The van der Waals surface area contributed by atoms with Crippen LogP contribution in [-0.4, -0.2) is 20.1 Å². The van der Waals surface area contributed by atoms with Gasteiger partial charge in [0.2, 0.25) is 0 Å². The van der Waals surface area contributed by atoms with E-state index in [2.05, 4.69) is 8.37 Å². The molecule has 0 heterocycles. The maximum absolute atomic E-state index is 11.0. The summed E-state index contributed by atoms with van der Waals surface area (Å²) in [7, 11) is -3.98. The smallest absolute Gasteiger partial charge is 1.00 e. The number of hydrogen-bond donors (Lipinski definition) is 1. The van der Waals surface area contributed by atoms with Crippen LogP contribution in [0, 0.1) is 0 Å². The summed E-state index contributed by atoms with van der Waals surface area (Å²) in [6.45, 7) is 1.55. The molecule has 1 rings (SSSR count). The minimum Gasteiger partial charge on any atom is -1.00 e. The van der Waals surface area contributed by atoms with E-state index in [-0.39, 0.29) is 49.1 Å². The van der Waals surface area contributed by atoms with Crippen LogP contribution < -0.4 is 33.7 Å². The van der Waals surface area contributed by atoms with Gasteiger partial charge in [-0.15, -0.1) is 0 Å². The Labute approximate surface area is 112 Å². The van der Waals surface area contributed by atoms with Gasteiger partial charge < -0.3 is 10.7 Å². The van der Waals surface area contributed by atoms with Gasteiger partial charge in [0.1, 0.15) is 11.5 Å². The van der Waals surface area contributed by atoms with Crippen molar-refractivity contribution in [2.75, 3.05) is 6.61 Å². The van der Waals surface area contributed by atoms with E-state index in [0.29, 0.717) is 0 Å². The Morgan fingerprint density at radius 1 is 1.33 bits per heavy atom. The van der Waals surface area contributed by atoms with E-state index in [1.54, 1.807) is 0 Å². The molecule has 80 valence electrons. The van der Waals surface area contributed by atoms with Crippen molar-refractivity contribution in [1.82, 2.24) is 0 Å². The maximum atomic E-state index is 11.0. The molecule has 1 aromatic rings. The number of benzene rings is 1. The largest absolute Gasteiger partial charge is 1.00 e. The van der Waals surface area contributed by atoms with Crippen LogP contribution in [0.1, 0.15) is 8.35 Å². The number of hydrogen-bond acceptors (Lipinski definition) is 5. The van der Waals surface area contributed by atoms with Crippen molar-refractivity contribution in [3.8, 4) is 11.5 Å². The van der Waals surface area contributed by atoms with Crippen LogP contribution in [0.4, 0.5) is 0 Å². The standard InChI is InChI=1S/C8H10O5S.Na.H/c1-2-12-14(10,11)13-8-5-3-7(9)4-6-8;;/h3-6,9H,2H2,1H3;;/q;+1;-1. The Morgan fingerprint density at radius 2 is 1.87 bits per heavy atom. The van der Waals surface area contributed by atoms with Gasteiger partial charge in [0.15, 0.2) is 0 Å². The molecule has 5 nitrogen and oxygen atoms in total. The number of phenolic OH excluding ortho intramolecular Hbond substituents is 1. The second-order valence-electron chi connectivity index (χ2n) is 2.39. The van der Waals surface area contributed by atoms with E-state index in [4.69, 9.17) is 5.11 Å². The van der Waals surface area contributed by atoms with Crippen LogP contribution >= 0.6 is 0 Å². The molecule has 1 aromatic carbocycles. The van der Waals surface area contributed by atoms with Gasteiger partial charge in [-0.3, -0.25) is 0 Å². The normalized spacial score (nSPS) is 10.5. The first kappa shape index (κ1) is 14.7. The first-order chi connectivity index (χ1) is 6.53. The van der Waals surface area contributed by atoms with Crippen molar-refractivity contribution in [3.63, 3.8) is 0 Å². The molecule has 0 amide bonds. The van der Waals surface area contributed by atoms with E-state index >= 15 is 0 Å². The molecule has 1 N–H and O–H groups in total. The molecular formula is C8H11NaO5S. The maximum Gasteiger partial charge on any atom is 1.00 e. The zero-order valence-electron chi connectivity index (χ0n) is 9.50. The second kappa shape index (κ2) is 6.34. The van der Waals surface area contributed by atoms with Gasteiger partial charge in [-0.2, -0.15) is 8.42 Å². The molecule has 0 spiro atoms. The summed E-state index contributed by atoms with van der Waals surface area (Å²) in [5.41, 5.74) is 0. The third kappa shape index (κ3) is 5.39. The third-order valence-electron chi connectivity index (χ3n) is 1.30. The minimum absolute atomic E-state index is 0. The monoisotopic (exact) mass is 242 g/mol. The van der Waals surface area contributed by atoms with Crippen molar-refractivity contribution in [2.45, 2.75) is 6.92 Å². The summed E-state index contributed by atoms with van der Waals surface area (Å²) >= 11 is 0. The molecule has 0 atom stereocenters. The van der Waals surface area contributed by atoms with Gasteiger partial charge in [0.25, 0.3) is 0 Å². The predicted molar refractivity (Wildman–Crippen MR) is 50.4 cm³/mol.